The Morgan fingerprint density at radius 2 is 2.15 bits per heavy atom. The molecule has 0 fully saturated rings. The fraction of sp³-hybridized carbons (Fsp3) is 0.421. The highest BCUT2D eigenvalue weighted by Crippen LogP contribution is 2.35. The largest absolute Gasteiger partial charge is 0.349 e. The number of nitrogens with zero attached hydrogens (tertiary/aromatic N) is 2. The van der Waals surface area contributed by atoms with Gasteiger partial charge in [-0.05, 0) is 57.9 Å². The summed E-state index contributed by atoms with van der Waals surface area (Å²) in [5, 5.41) is 10.2. The standard InChI is InChI=1S/C19H24N4O2S/c1-10(8-15-11(2)22-23(5)12(15)3)20-19(25)14-6-7-17-16(9-14)21-18(24)13(4)26-17/h6-7,9-10,13H,8H2,1-5H3,(H,20,25)(H,21,24)/t10-,13-/m0/s1. The van der Waals surface area contributed by atoms with Crippen LogP contribution in [0.2, 0.25) is 0 Å². The molecule has 2 amide bonds. The fourth-order valence-corrected chi connectivity index (χ4v) is 4.06. The Labute approximate surface area is 157 Å². The normalized spacial score (nSPS) is 17.4. The van der Waals surface area contributed by atoms with E-state index in [0.29, 0.717) is 11.3 Å². The average molecular weight is 372 g/mol. The number of benzene rings is 1. The molecule has 138 valence electrons. The first-order valence-corrected chi connectivity index (χ1v) is 9.55. The predicted molar refractivity (Wildman–Crippen MR) is 104 cm³/mol. The fourth-order valence-electron chi connectivity index (χ4n) is 3.13. The van der Waals surface area contributed by atoms with E-state index in [4.69, 9.17) is 0 Å². The van der Waals surface area contributed by atoms with Crippen molar-refractivity contribution in [3.63, 3.8) is 0 Å². The number of aryl methyl sites for hydroxylation is 2. The second kappa shape index (κ2) is 7.15. The predicted octanol–water partition coefficient (Wildman–Crippen LogP) is 2.83. The Morgan fingerprint density at radius 3 is 2.81 bits per heavy atom. The van der Waals surface area contributed by atoms with E-state index in [9.17, 15) is 9.59 Å². The second-order valence-electron chi connectivity index (χ2n) is 6.81. The molecule has 2 atom stereocenters. The van der Waals surface area contributed by atoms with Gasteiger partial charge in [0.1, 0.15) is 0 Å². The Bertz CT molecular complexity index is 875. The zero-order chi connectivity index (χ0) is 19.0. The number of aromatic nitrogens is 2. The van der Waals surface area contributed by atoms with Gasteiger partial charge in [-0.25, -0.2) is 0 Å². The summed E-state index contributed by atoms with van der Waals surface area (Å²) in [5.41, 5.74) is 4.53. The number of carbonyl (C=O) groups excluding carboxylic acids is 2. The van der Waals surface area contributed by atoms with E-state index in [2.05, 4.69) is 15.7 Å². The molecular formula is C19H24N4O2S. The molecule has 1 aromatic heterocycles. The maximum Gasteiger partial charge on any atom is 0.251 e. The molecule has 1 aliphatic heterocycles. The van der Waals surface area contributed by atoms with Gasteiger partial charge in [0.05, 0.1) is 16.6 Å². The van der Waals surface area contributed by atoms with E-state index in [1.54, 1.807) is 12.1 Å². The molecule has 0 saturated heterocycles. The van der Waals surface area contributed by atoms with Gasteiger partial charge in [-0.15, -0.1) is 11.8 Å². The molecule has 26 heavy (non-hydrogen) atoms. The molecule has 1 aromatic carbocycles. The van der Waals surface area contributed by atoms with E-state index < -0.39 is 0 Å². The van der Waals surface area contributed by atoms with Crippen molar-refractivity contribution in [2.45, 2.75) is 50.3 Å². The average Bonchev–Trinajstić information content (AvgIpc) is 2.81. The van der Waals surface area contributed by atoms with Gasteiger partial charge >= 0.3 is 0 Å². The monoisotopic (exact) mass is 372 g/mol. The molecule has 6 nitrogen and oxygen atoms in total. The Balaban J connectivity index is 1.70. The SMILES string of the molecule is Cc1nn(C)c(C)c1C[C@H](C)NC(=O)c1ccc2c(c1)NC(=O)[C@H](C)S2. The van der Waals surface area contributed by atoms with Crippen molar-refractivity contribution in [1.29, 1.82) is 0 Å². The third kappa shape index (κ3) is 3.62. The van der Waals surface area contributed by atoms with Crippen molar-refractivity contribution in [3.8, 4) is 0 Å². The summed E-state index contributed by atoms with van der Waals surface area (Å²) in [4.78, 5) is 25.4. The van der Waals surface area contributed by atoms with Crippen LogP contribution in [-0.2, 0) is 18.3 Å². The lowest BCUT2D eigenvalue weighted by Crippen LogP contribution is -2.34. The van der Waals surface area contributed by atoms with Crippen molar-refractivity contribution in [2.75, 3.05) is 5.32 Å². The van der Waals surface area contributed by atoms with Crippen molar-refractivity contribution < 1.29 is 9.59 Å². The summed E-state index contributed by atoms with van der Waals surface area (Å²) in [7, 11) is 1.93. The number of anilines is 1. The smallest absolute Gasteiger partial charge is 0.251 e. The Hall–Kier alpha value is -2.28. The molecule has 7 heteroatoms. The van der Waals surface area contributed by atoms with E-state index in [1.807, 2.05) is 45.5 Å². The van der Waals surface area contributed by atoms with Crippen LogP contribution in [-0.4, -0.2) is 32.9 Å². The summed E-state index contributed by atoms with van der Waals surface area (Å²) in [6.45, 7) is 7.88. The minimum absolute atomic E-state index is 0.0240. The van der Waals surface area contributed by atoms with E-state index in [0.717, 1.165) is 22.7 Å². The first kappa shape index (κ1) is 18.5. The van der Waals surface area contributed by atoms with Gasteiger partial charge in [-0.1, -0.05) is 0 Å². The first-order valence-electron chi connectivity index (χ1n) is 8.67. The quantitative estimate of drug-likeness (QED) is 0.865. The highest BCUT2D eigenvalue weighted by atomic mass is 32.2. The summed E-state index contributed by atoms with van der Waals surface area (Å²) < 4.78 is 1.87. The topological polar surface area (TPSA) is 76.0 Å². The van der Waals surface area contributed by atoms with Gasteiger partial charge in [0.25, 0.3) is 5.91 Å². The molecule has 3 rings (SSSR count). The molecule has 2 aromatic rings. The highest BCUT2D eigenvalue weighted by molar-refractivity contribution is 8.00. The van der Waals surface area contributed by atoms with Gasteiger partial charge in [-0.2, -0.15) is 5.10 Å². The molecule has 0 radical (unpaired) electrons. The van der Waals surface area contributed by atoms with Crippen LogP contribution in [0.4, 0.5) is 5.69 Å². The number of hydrogen-bond acceptors (Lipinski definition) is 4. The van der Waals surface area contributed by atoms with Crippen LogP contribution in [0.5, 0.6) is 0 Å². The number of fused-ring (bicyclic) bond motifs is 1. The summed E-state index contributed by atoms with van der Waals surface area (Å²) in [6.07, 6.45) is 0.728. The molecule has 2 N–H and O–H groups in total. The molecule has 0 spiro atoms. The van der Waals surface area contributed by atoms with Crippen LogP contribution in [0.15, 0.2) is 23.1 Å². The highest BCUT2D eigenvalue weighted by Gasteiger charge is 2.24. The lowest BCUT2D eigenvalue weighted by Gasteiger charge is -2.22. The third-order valence-corrected chi connectivity index (χ3v) is 5.90. The van der Waals surface area contributed by atoms with Crippen molar-refractivity contribution in [2.24, 2.45) is 7.05 Å². The minimum atomic E-state index is -0.141. The number of amides is 2. The van der Waals surface area contributed by atoms with Crippen molar-refractivity contribution >= 4 is 29.3 Å². The van der Waals surface area contributed by atoms with E-state index >= 15 is 0 Å². The lowest BCUT2D eigenvalue weighted by atomic mass is 10.0. The molecular weight excluding hydrogens is 348 g/mol. The molecule has 0 saturated carbocycles. The van der Waals surface area contributed by atoms with Crippen LogP contribution < -0.4 is 10.6 Å². The number of thioether (sulfide) groups is 1. The summed E-state index contributed by atoms with van der Waals surface area (Å²) in [5.74, 6) is -0.173. The van der Waals surface area contributed by atoms with Crippen molar-refractivity contribution in [1.82, 2.24) is 15.1 Å². The van der Waals surface area contributed by atoms with Crippen LogP contribution in [0, 0.1) is 13.8 Å². The van der Waals surface area contributed by atoms with Crippen LogP contribution in [0.1, 0.15) is 41.2 Å². The number of carbonyl (C=O) groups is 2. The van der Waals surface area contributed by atoms with Gasteiger partial charge in [0.2, 0.25) is 5.91 Å². The third-order valence-electron chi connectivity index (χ3n) is 4.72. The second-order valence-corrected chi connectivity index (χ2v) is 8.19. The number of rotatable bonds is 4. The number of nitrogens with one attached hydrogen (secondary N) is 2. The molecule has 1 aliphatic rings. The maximum atomic E-state index is 12.6. The first-order chi connectivity index (χ1) is 12.3. The Morgan fingerprint density at radius 1 is 1.42 bits per heavy atom. The van der Waals surface area contributed by atoms with Gasteiger partial charge in [0.15, 0.2) is 0 Å². The van der Waals surface area contributed by atoms with Gasteiger partial charge in [0, 0.05) is 29.2 Å². The van der Waals surface area contributed by atoms with Gasteiger partial charge in [-0.3, -0.25) is 14.3 Å². The molecule has 0 aliphatic carbocycles. The number of hydrogen-bond donors (Lipinski definition) is 2. The zero-order valence-corrected chi connectivity index (χ0v) is 16.5. The van der Waals surface area contributed by atoms with Gasteiger partial charge < -0.3 is 10.6 Å². The molecule has 0 bridgehead atoms. The van der Waals surface area contributed by atoms with Crippen molar-refractivity contribution in [3.05, 3.63) is 40.7 Å². The molecule has 0 unspecified atom stereocenters. The Kier molecular flexibility index (Phi) is 5.09. The van der Waals surface area contributed by atoms with Crippen LogP contribution in [0.3, 0.4) is 0 Å². The maximum absolute atomic E-state index is 12.6. The lowest BCUT2D eigenvalue weighted by molar-refractivity contribution is -0.115. The minimum Gasteiger partial charge on any atom is -0.349 e. The van der Waals surface area contributed by atoms with Crippen LogP contribution >= 0.6 is 11.8 Å². The zero-order valence-electron chi connectivity index (χ0n) is 15.7. The summed E-state index contributed by atoms with van der Waals surface area (Å²) in [6, 6.07) is 5.42. The molecule has 2 heterocycles. The van der Waals surface area contributed by atoms with E-state index in [1.165, 1.54) is 17.3 Å². The summed E-state index contributed by atoms with van der Waals surface area (Å²) >= 11 is 1.51. The van der Waals surface area contributed by atoms with E-state index in [-0.39, 0.29) is 23.1 Å². The van der Waals surface area contributed by atoms with Crippen LogP contribution in [0.25, 0.3) is 0 Å².